The quantitative estimate of drug-likeness (QED) is 0.504. The molecule has 0 saturated heterocycles. The zero-order valence-corrected chi connectivity index (χ0v) is 15.1. The molecule has 0 fully saturated rings. The summed E-state index contributed by atoms with van der Waals surface area (Å²) in [4.78, 5) is 0. The predicted octanol–water partition coefficient (Wildman–Crippen LogP) is 3.51. The average Bonchev–Trinajstić information content (AvgIpc) is 2.88. The Kier molecular flexibility index (Phi) is 4.15. The molecule has 2 heterocycles. The standard InChI is InChI=1S/C20H29N3/c1-6-21-13-12-18-17-10-8-9-11-19(17)22(20(18)16(21)3)14-15-23(4,5)7-2/h8-13H,6-7,14-15H2,1-5H3/q+2. The van der Waals surface area contributed by atoms with Gasteiger partial charge >= 0.3 is 0 Å². The van der Waals surface area contributed by atoms with Crippen LogP contribution in [0.1, 0.15) is 19.5 Å². The van der Waals surface area contributed by atoms with Crippen molar-refractivity contribution in [3.8, 4) is 0 Å². The fourth-order valence-corrected chi connectivity index (χ4v) is 3.41. The molecule has 0 amide bonds. The average molecular weight is 311 g/mol. The first-order chi connectivity index (χ1) is 11.0. The molecule has 23 heavy (non-hydrogen) atoms. The Balaban J connectivity index is 2.23. The Labute approximate surface area is 139 Å². The van der Waals surface area contributed by atoms with Crippen molar-refractivity contribution < 1.29 is 9.05 Å². The summed E-state index contributed by atoms with van der Waals surface area (Å²) in [5.41, 5.74) is 4.12. The highest BCUT2D eigenvalue weighted by molar-refractivity contribution is 6.08. The number of aromatic nitrogens is 2. The summed E-state index contributed by atoms with van der Waals surface area (Å²) in [7, 11) is 4.62. The number of rotatable bonds is 5. The van der Waals surface area contributed by atoms with E-state index in [0.717, 1.165) is 30.7 Å². The van der Waals surface area contributed by atoms with Crippen LogP contribution < -0.4 is 4.57 Å². The van der Waals surface area contributed by atoms with Crippen molar-refractivity contribution in [3.63, 3.8) is 0 Å². The van der Waals surface area contributed by atoms with Gasteiger partial charge in [0.2, 0.25) is 5.69 Å². The van der Waals surface area contributed by atoms with Gasteiger partial charge in [0, 0.05) is 29.3 Å². The van der Waals surface area contributed by atoms with Crippen molar-refractivity contribution in [3.05, 3.63) is 42.2 Å². The molecule has 2 aromatic heterocycles. The van der Waals surface area contributed by atoms with Crippen LogP contribution in [0.4, 0.5) is 0 Å². The van der Waals surface area contributed by atoms with Crippen LogP contribution in [0.3, 0.4) is 0 Å². The van der Waals surface area contributed by atoms with E-state index in [-0.39, 0.29) is 0 Å². The maximum atomic E-state index is 2.53. The number of nitrogens with zero attached hydrogens (tertiary/aromatic N) is 3. The molecule has 0 aliphatic rings. The molecule has 3 nitrogen and oxygen atoms in total. The Bertz CT molecular complexity index is 843. The molecule has 3 aromatic rings. The zero-order chi connectivity index (χ0) is 16.6. The SMILES string of the molecule is CC[n+]1ccc2c3ccccc3n(CC[N+](C)(C)CC)c2c1C. The molecule has 3 rings (SSSR count). The fraction of sp³-hybridized carbons (Fsp3) is 0.450. The van der Waals surface area contributed by atoms with Crippen LogP contribution in [0.5, 0.6) is 0 Å². The van der Waals surface area contributed by atoms with Gasteiger partial charge in [-0.3, -0.25) is 0 Å². The lowest BCUT2D eigenvalue weighted by molar-refractivity contribution is -0.889. The second kappa shape index (κ2) is 5.97. The maximum absolute atomic E-state index is 2.53. The predicted molar refractivity (Wildman–Crippen MR) is 97.6 cm³/mol. The van der Waals surface area contributed by atoms with E-state index >= 15 is 0 Å². The lowest BCUT2D eigenvalue weighted by Gasteiger charge is -2.28. The largest absolute Gasteiger partial charge is 0.330 e. The fourth-order valence-electron chi connectivity index (χ4n) is 3.41. The smallest absolute Gasteiger partial charge is 0.202 e. The number of hydrogen-bond donors (Lipinski definition) is 0. The molecule has 0 saturated carbocycles. The van der Waals surface area contributed by atoms with Gasteiger partial charge in [-0.2, -0.15) is 0 Å². The molecule has 0 spiro atoms. The number of pyridine rings is 1. The molecular weight excluding hydrogens is 282 g/mol. The van der Waals surface area contributed by atoms with E-state index in [1.807, 2.05) is 0 Å². The van der Waals surface area contributed by atoms with E-state index < -0.39 is 0 Å². The molecule has 122 valence electrons. The highest BCUT2D eigenvalue weighted by Gasteiger charge is 2.20. The third-order valence-corrected chi connectivity index (χ3v) is 5.33. The minimum absolute atomic E-state index is 1.01. The summed E-state index contributed by atoms with van der Waals surface area (Å²) in [6, 6.07) is 11.1. The van der Waals surface area contributed by atoms with Crippen molar-refractivity contribution in [1.29, 1.82) is 0 Å². The lowest BCUT2D eigenvalue weighted by atomic mass is 10.1. The van der Waals surface area contributed by atoms with Gasteiger partial charge in [-0.25, -0.2) is 4.57 Å². The molecule has 0 radical (unpaired) electrons. The molecule has 0 aliphatic carbocycles. The van der Waals surface area contributed by atoms with Crippen molar-refractivity contribution >= 4 is 21.8 Å². The third-order valence-electron chi connectivity index (χ3n) is 5.33. The van der Waals surface area contributed by atoms with E-state index in [9.17, 15) is 0 Å². The highest BCUT2D eigenvalue weighted by atomic mass is 15.3. The van der Waals surface area contributed by atoms with Gasteiger partial charge in [0.25, 0.3) is 0 Å². The number of quaternary nitrogens is 1. The molecule has 0 unspecified atom stereocenters. The summed E-state index contributed by atoms with van der Waals surface area (Å²) in [6.45, 7) is 11.1. The van der Waals surface area contributed by atoms with Gasteiger partial charge in [0.05, 0.1) is 33.7 Å². The number of likely N-dealkylation sites (N-methyl/N-ethyl adjacent to an activating group) is 1. The molecule has 0 atom stereocenters. The summed E-state index contributed by atoms with van der Waals surface area (Å²) in [5.74, 6) is 0. The van der Waals surface area contributed by atoms with Gasteiger partial charge in [-0.05, 0) is 19.9 Å². The number of hydrogen-bond acceptors (Lipinski definition) is 0. The van der Waals surface area contributed by atoms with E-state index in [1.54, 1.807) is 0 Å². The normalized spacial score (nSPS) is 12.4. The van der Waals surface area contributed by atoms with Crippen molar-refractivity contribution in [2.75, 3.05) is 27.2 Å². The molecule has 0 N–H and O–H groups in total. The maximum Gasteiger partial charge on any atom is 0.202 e. The Hall–Kier alpha value is -1.87. The molecule has 0 bridgehead atoms. The van der Waals surface area contributed by atoms with Gasteiger partial charge < -0.3 is 9.05 Å². The monoisotopic (exact) mass is 311 g/mol. The Morgan fingerprint density at radius 1 is 1.04 bits per heavy atom. The Morgan fingerprint density at radius 3 is 2.48 bits per heavy atom. The van der Waals surface area contributed by atoms with Gasteiger partial charge in [0.1, 0.15) is 12.1 Å². The number of aryl methyl sites for hydroxylation is 2. The number of fused-ring (bicyclic) bond motifs is 3. The summed E-state index contributed by atoms with van der Waals surface area (Å²) in [6.07, 6.45) is 2.22. The van der Waals surface area contributed by atoms with Crippen molar-refractivity contribution in [2.45, 2.75) is 33.9 Å². The minimum Gasteiger partial charge on any atom is -0.330 e. The van der Waals surface area contributed by atoms with E-state index in [2.05, 4.69) is 80.5 Å². The zero-order valence-electron chi connectivity index (χ0n) is 15.1. The summed E-state index contributed by atoms with van der Waals surface area (Å²) >= 11 is 0. The van der Waals surface area contributed by atoms with Crippen LogP contribution in [0, 0.1) is 6.92 Å². The number of para-hydroxylation sites is 1. The minimum atomic E-state index is 1.01. The van der Waals surface area contributed by atoms with Gasteiger partial charge in [-0.1, -0.05) is 18.2 Å². The van der Waals surface area contributed by atoms with Crippen molar-refractivity contribution in [1.82, 2.24) is 4.57 Å². The first-order valence-corrected chi connectivity index (χ1v) is 8.70. The number of benzene rings is 1. The van der Waals surface area contributed by atoms with Crippen LogP contribution in [-0.4, -0.2) is 36.2 Å². The molecule has 3 heteroatoms. The third kappa shape index (κ3) is 2.74. The molecular formula is C20H29N3+2. The van der Waals surface area contributed by atoms with Crippen LogP contribution in [0.2, 0.25) is 0 Å². The summed E-state index contributed by atoms with van der Waals surface area (Å²) in [5, 5.41) is 2.75. The van der Waals surface area contributed by atoms with Gasteiger partial charge in [0.15, 0.2) is 6.20 Å². The van der Waals surface area contributed by atoms with E-state index in [0.29, 0.717) is 0 Å². The molecule has 1 aromatic carbocycles. The van der Waals surface area contributed by atoms with Crippen LogP contribution in [0.15, 0.2) is 36.5 Å². The second-order valence-corrected chi connectivity index (χ2v) is 7.09. The van der Waals surface area contributed by atoms with Crippen molar-refractivity contribution in [2.24, 2.45) is 0 Å². The summed E-state index contributed by atoms with van der Waals surface area (Å²) < 4.78 is 5.92. The van der Waals surface area contributed by atoms with Crippen LogP contribution >= 0.6 is 0 Å². The second-order valence-electron chi connectivity index (χ2n) is 7.09. The molecule has 0 aliphatic heterocycles. The van der Waals surface area contributed by atoms with Crippen LogP contribution in [-0.2, 0) is 13.1 Å². The van der Waals surface area contributed by atoms with Crippen LogP contribution in [0.25, 0.3) is 21.8 Å². The lowest BCUT2D eigenvalue weighted by Crippen LogP contribution is -2.42. The Morgan fingerprint density at radius 2 is 1.78 bits per heavy atom. The first kappa shape index (κ1) is 16.0. The topological polar surface area (TPSA) is 8.81 Å². The highest BCUT2D eigenvalue weighted by Crippen LogP contribution is 2.29. The van der Waals surface area contributed by atoms with Gasteiger partial charge in [-0.15, -0.1) is 0 Å². The van der Waals surface area contributed by atoms with E-state index in [1.165, 1.54) is 27.5 Å². The first-order valence-electron chi connectivity index (χ1n) is 8.70. The van der Waals surface area contributed by atoms with E-state index in [4.69, 9.17) is 0 Å².